The molecule has 1 fully saturated rings. The zero-order valence-electron chi connectivity index (χ0n) is 12.6. The maximum Gasteiger partial charge on any atom is 0.0412 e. The van der Waals surface area contributed by atoms with Crippen molar-refractivity contribution in [3.63, 3.8) is 0 Å². The van der Waals surface area contributed by atoms with E-state index >= 15 is 0 Å². The molecule has 1 unspecified atom stereocenters. The molecule has 1 aromatic carbocycles. The monoisotopic (exact) mass is 278 g/mol. The Kier molecular flexibility index (Phi) is 5.17. The molecule has 0 spiro atoms. The van der Waals surface area contributed by atoms with Crippen molar-refractivity contribution in [2.45, 2.75) is 45.5 Å². The Bertz CT molecular complexity index is 417. The van der Waals surface area contributed by atoms with E-state index in [0.717, 1.165) is 11.8 Å². The Balaban J connectivity index is 2.18. The average molecular weight is 278 g/mol. The second kappa shape index (κ2) is 6.67. The van der Waals surface area contributed by atoms with Crippen LogP contribution in [0.2, 0.25) is 0 Å². The van der Waals surface area contributed by atoms with Crippen LogP contribution in [0.3, 0.4) is 0 Å². The summed E-state index contributed by atoms with van der Waals surface area (Å²) >= 11 is 2.09. The molecule has 0 amide bonds. The van der Waals surface area contributed by atoms with Crippen LogP contribution in [-0.4, -0.2) is 30.1 Å². The number of benzene rings is 1. The van der Waals surface area contributed by atoms with E-state index in [1.165, 1.54) is 35.7 Å². The highest BCUT2D eigenvalue weighted by Gasteiger charge is 2.19. The third-order valence-electron chi connectivity index (χ3n) is 3.52. The summed E-state index contributed by atoms with van der Waals surface area (Å²) in [5.41, 5.74) is 4.21. The second-order valence-corrected chi connectivity index (χ2v) is 7.34. The van der Waals surface area contributed by atoms with Gasteiger partial charge in [0, 0.05) is 42.4 Å². The van der Waals surface area contributed by atoms with Gasteiger partial charge in [0.15, 0.2) is 0 Å². The standard InChI is InChI=1S/C16H26N2S/c1-12(2)17-10-15-9-13(3)5-6-16(15)18-7-8-19-14(4)11-18/h5-6,9,12,14,17H,7-8,10-11H2,1-4H3. The minimum Gasteiger partial charge on any atom is -0.369 e. The number of nitrogens with zero attached hydrogens (tertiary/aromatic N) is 1. The summed E-state index contributed by atoms with van der Waals surface area (Å²) < 4.78 is 0. The summed E-state index contributed by atoms with van der Waals surface area (Å²) in [4.78, 5) is 2.55. The molecule has 0 aromatic heterocycles. The molecule has 1 saturated heterocycles. The fourth-order valence-electron chi connectivity index (χ4n) is 2.52. The van der Waals surface area contributed by atoms with Crippen LogP contribution in [0.1, 0.15) is 31.9 Å². The van der Waals surface area contributed by atoms with Gasteiger partial charge in [0.2, 0.25) is 0 Å². The Morgan fingerprint density at radius 3 is 2.89 bits per heavy atom. The second-order valence-electron chi connectivity index (χ2n) is 5.80. The predicted octanol–water partition coefficient (Wildman–Crippen LogP) is 3.43. The van der Waals surface area contributed by atoms with Crippen molar-refractivity contribution in [3.05, 3.63) is 29.3 Å². The van der Waals surface area contributed by atoms with Crippen molar-refractivity contribution in [3.8, 4) is 0 Å². The summed E-state index contributed by atoms with van der Waals surface area (Å²) in [6.45, 7) is 12.2. The molecule has 2 nitrogen and oxygen atoms in total. The third kappa shape index (κ3) is 4.15. The lowest BCUT2D eigenvalue weighted by molar-refractivity contribution is 0.587. The number of rotatable bonds is 4. The van der Waals surface area contributed by atoms with E-state index in [1.807, 2.05) is 0 Å². The first-order chi connectivity index (χ1) is 9.06. The largest absolute Gasteiger partial charge is 0.369 e. The number of hydrogen-bond donors (Lipinski definition) is 1. The molecule has 1 heterocycles. The van der Waals surface area contributed by atoms with Crippen LogP contribution in [0, 0.1) is 6.92 Å². The Morgan fingerprint density at radius 2 is 2.21 bits per heavy atom. The van der Waals surface area contributed by atoms with Crippen molar-refractivity contribution < 1.29 is 0 Å². The summed E-state index contributed by atoms with van der Waals surface area (Å²) in [7, 11) is 0. The number of hydrogen-bond acceptors (Lipinski definition) is 3. The van der Waals surface area contributed by atoms with Crippen LogP contribution in [0.4, 0.5) is 5.69 Å². The van der Waals surface area contributed by atoms with Crippen LogP contribution >= 0.6 is 11.8 Å². The number of thioether (sulfide) groups is 1. The number of nitrogens with one attached hydrogen (secondary N) is 1. The molecular formula is C16H26N2S. The van der Waals surface area contributed by atoms with E-state index < -0.39 is 0 Å². The molecule has 0 bridgehead atoms. The minimum atomic E-state index is 0.532. The van der Waals surface area contributed by atoms with Crippen molar-refractivity contribution in [1.29, 1.82) is 0 Å². The van der Waals surface area contributed by atoms with E-state index in [0.29, 0.717) is 6.04 Å². The molecule has 0 aliphatic carbocycles. The highest BCUT2D eigenvalue weighted by atomic mass is 32.2. The van der Waals surface area contributed by atoms with Gasteiger partial charge in [0.05, 0.1) is 0 Å². The fraction of sp³-hybridized carbons (Fsp3) is 0.625. The first-order valence-corrected chi connectivity index (χ1v) is 8.30. The molecule has 106 valence electrons. The topological polar surface area (TPSA) is 15.3 Å². The van der Waals surface area contributed by atoms with Crippen molar-refractivity contribution >= 4 is 17.4 Å². The van der Waals surface area contributed by atoms with Crippen LogP contribution in [-0.2, 0) is 6.54 Å². The van der Waals surface area contributed by atoms with Gasteiger partial charge in [0.1, 0.15) is 0 Å². The van der Waals surface area contributed by atoms with E-state index in [4.69, 9.17) is 0 Å². The first-order valence-electron chi connectivity index (χ1n) is 7.25. The van der Waals surface area contributed by atoms with Gasteiger partial charge in [-0.15, -0.1) is 0 Å². The van der Waals surface area contributed by atoms with Crippen molar-refractivity contribution in [2.24, 2.45) is 0 Å². The molecule has 1 aliphatic heterocycles. The summed E-state index contributed by atoms with van der Waals surface area (Å²) in [6.07, 6.45) is 0. The van der Waals surface area contributed by atoms with Crippen LogP contribution in [0.5, 0.6) is 0 Å². The van der Waals surface area contributed by atoms with Gasteiger partial charge in [-0.1, -0.05) is 38.5 Å². The SMILES string of the molecule is Cc1ccc(N2CCSC(C)C2)c(CNC(C)C)c1. The summed E-state index contributed by atoms with van der Waals surface area (Å²) in [5, 5.41) is 4.28. The van der Waals surface area contributed by atoms with Gasteiger partial charge >= 0.3 is 0 Å². The smallest absolute Gasteiger partial charge is 0.0412 e. The zero-order chi connectivity index (χ0) is 13.8. The molecule has 19 heavy (non-hydrogen) atoms. The Labute approximate surface area is 122 Å². The average Bonchev–Trinajstić information content (AvgIpc) is 2.36. The third-order valence-corrected chi connectivity index (χ3v) is 4.65. The number of aryl methyl sites for hydroxylation is 1. The van der Waals surface area contributed by atoms with Crippen molar-refractivity contribution in [1.82, 2.24) is 5.32 Å². The van der Waals surface area contributed by atoms with E-state index in [9.17, 15) is 0 Å². The first kappa shape index (κ1) is 14.7. The molecule has 3 heteroatoms. The Morgan fingerprint density at radius 1 is 1.42 bits per heavy atom. The highest BCUT2D eigenvalue weighted by molar-refractivity contribution is 8.00. The molecule has 0 radical (unpaired) electrons. The van der Waals surface area contributed by atoms with E-state index in [1.54, 1.807) is 0 Å². The van der Waals surface area contributed by atoms with Crippen LogP contribution in [0.25, 0.3) is 0 Å². The Hall–Kier alpha value is -0.670. The zero-order valence-corrected chi connectivity index (χ0v) is 13.4. The lowest BCUT2D eigenvalue weighted by atomic mass is 10.1. The van der Waals surface area contributed by atoms with Gasteiger partial charge in [0.25, 0.3) is 0 Å². The van der Waals surface area contributed by atoms with Gasteiger partial charge in [-0.3, -0.25) is 0 Å². The molecule has 1 aromatic rings. The molecule has 0 saturated carbocycles. The van der Waals surface area contributed by atoms with Gasteiger partial charge in [-0.2, -0.15) is 11.8 Å². The van der Waals surface area contributed by atoms with Gasteiger partial charge < -0.3 is 10.2 Å². The highest BCUT2D eigenvalue weighted by Crippen LogP contribution is 2.27. The molecular weight excluding hydrogens is 252 g/mol. The maximum absolute atomic E-state index is 3.55. The summed E-state index contributed by atoms with van der Waals surface area (Å²) in [5.74, 6) is 1.24. The minimum absolute atomic E-state index is 0.532. The fourth-order valence-corrected chi connectivity index (χ4v) is 3.53. The van der Waals surface area contributed by atoms with Crippen molar-refractivity contribution in [2.75, 3.05) is 23.7 Å². The maximum atomic E-state index is 3.55. The van der Waals surface area contributed by atoms with E-state index in [-0.39, 0.29) is 0 Å². The molecule has 1 aliphatic rings. The van der Waals surface area contributed by atoms with Gasteiger partial charge in [-0.05, 0) is 18.6 Å². The lowest BCUT2D eigenvalue weighted by Crippen LogP contribution is -2.37. The number of anilines is 1. The van der Waals surface area contributed by atoms with Gasteiger partial charge in [-0.25, -0.2) is 0 Å². The van der Waals surface area contributed by atoms with Crippen LogP contribution in [0.15, 0.2) is 18.2 Å². The molecule has 1 atom stereocenters. The van der Waals surface area contributed by atoms with E-state index in [2.05, 4.69) is 67.9 Å². The summed E-state index contributed by atoms with van der Waals surface area (Å²) in [6, 6.07) is 7.40. The lowest BCUT2D eigenvalue weighted by Gasteiger charge is -2.34. The quantitative estimate of drug-likeness (QED) is 0.908. The predicted molar refractivity (Wildman–Crippen MR) is 87.3 cm³/mol. The molecule has 1 N–H and O–H groups in total. The molecule has 2 rings (SSSR count). The normalized spacial score (nSPS) is 20.1. The van der Waals surface area contributed by atoms with Crippen LogP contribution < -0.4 is 10.2 Å².